The van der Waals surface area contributed by atoms with Gasteiger partial charge >= 0.3 is 0 Å². The lowest BCUT2D eigenvalue weighted by Crippen LogP contribution is -2.48. The summed E-state index contributed by atoms with van der Waals surface area (Å²) >= 11 is 6.26. The smallest absolute Gasteiger partial charge is 0.253 e. The maximum Gasteiger partial charge on any atom is 0.253 e. The van der Waals surface area contributed by atoms with Crippen LogP contribution in [0.5, 0.6) is 0 Å². The number of rotatable bonds is 7. The molecule has 3 aromatic rings. The number of benzene rings is 2. The highest BCUT2D eigenvalue weighted by Gasteiger charge is 2.41. The van der Waals surface area contributed by atoms with Crippen molar-refractivity contribution in [2.75, 3.05) is 36.8 Å². The van der Waals surface area contributed by atoms with Crippen molar-refractivity contribution in [3.05, 3.63) is 94.3 Å². The largest absolute Gasteiger partial charge is 0.371 e. The van der Waals surface area contributed by atoms with Gasteiger partial charge in [-0.05, 0) is 96.4 Å². The molecule has 0 saturated carbocycles. The van der Waals surface area contributed by atoms with Gasteiger partial charge in [-0.2, -0.15) is 0 Å². The molecular weight excluding hydrogens is 580 g/mol. The van der Waals surface area contributed by atoms with Crippen molar-refractivity contribution in [3.8, 4) is 0 Å². The fourth-order valence-electron chi connectivity index (χ4n) is 7.32. The van der Waals surface area contributed by atoms with Gasteiger partial charge in [-0.3, -0.25) is 9.78 Å². The summed E-state index contributed by atoms with van der Waals surface area (Å²) in [5, 5.41) is 0.576. The van der Waals surface area contributed by atoms with Crippen LogP contribution in [-0.4, -0.2) is 56.1 Å². The molecule has 1 atom stereocenters. The lowest BCUT2D eigenvalue weighted by molar-refractivity contribution is 0.0515. The molecule has 1 amide bonds. The number of carbonyl (C=O) groups excluding carboxylic acids is 1. The van der Waals surface area contributed by atoms with Gasteiger partial charge in [-0.1, -0.05) is 49.7 Å². The number of aryl methyl sites for hydroxylation is 1. The number of sulfonamides is 1. The van der Waals surface area contributed by atoms with Crippen LogP contribution in [0.25, 0.3) is 0 Å². The molecule has 2 aliphatic heterocycles. The second kappa shape index (κ2) is 11.9. The number of anilines is 1. The minimum Gasteiger partial charge on any atom is -0.371 e. The Morgan fingerprint density at radius 1 is 0.977 bits per heavy atom. The summed E-state index contributed by atoms with van der Waals surface area (Å²) in [5.41, 5.74) is 4.80. The van der Waals surface area contributed by atoms with Crippen LogP contribution < -0.4 is 9.62 Å². The maximum atomic E-state index is 13.7. The van der Waals surface area contributed by atoms with E-state index in [1.54, 1.807) is 6.07 Å². The summed E-state index contributed by atoms with van der Waals surface area (Å²) in [7, 11) is -3.57. The van der Waals surface area contributed by atoms with Crippen LogP contribution in [0.1, 0.15) is 79.0 Å². The molecule has 1 spiro atoms. The molecule has 1 aromatic heterocycles. The van der Waals surface area contributed by atoms with Crippen molar-refractivity contribution in [1.29, 1.82) is 0 Å². The Bertz CT molecular complexity index is 1580. The number of hydrogen-bond donors (Lipinski definition) is 1. The van der Waals surface area contributed by atoms with Crippen molar-refractivity contribution < 1.29 is 13.2 Å². The normalized spacial score (nSPS) is 21.1. The van der Waals surface area contributed by atoms with Crippen LogP contribution in [0.3, 0.4) is 0 Å². The third-order valence-corrected chi connectivity index (χ3v) is 11.8. The van der Waals surface area contributed by atoms with Gasteiger partial charge in [0, 0.05) is 60.9 Å². The fourth-order valence-corrected chi connectivity index (χ4v) is 8.80. The van der Waals surface area contributed by atoms with E-state index in [0.717, 1.165) is 68.6 Å². The zero-order valence-electron chi connectivity index (χ0n) is 25.1. The molecule has 2 fully saturated rings. The van der Waals surface area contributed by atoms with Crippen LogP contribution in [0.2, 0.25) is 5.02 Å². The molecule has 43 heavy (non-hydrogen) atoms. The molecule has 2 saturated heterocycles. The first-order valence-electron chi connectivity index (χ1n) is 15.4. The molecule has 0 radical (unpaired) electrons. The molecule has 3 heterocycles. The SMILES string of the molecule is CC1(C)CC(NS(=O)(=O)CCc2ccccc2Cl)c2cc(C(=O)N3CCC4(CC3)CCN(c3ccncc3)CC4)ccc21. The number of piperidine rings is 2. The van der Waals surface area contributed by atoms with Crippen LogP contribution in [0.4, 0.5) is 5.69 Å². The number of likely N-dealkylation sites (tertiary alicyclic amines) is 1. The highest BCUT2D eigenvalue weighted by atomic mass is 35.5. The lowest BCUT2D eigenvalue weighted by atomic mass is 9.71. The Morgan fingerprint density at radius 2 is 1.65 bits per heavy atom. The summed E-state index contributed by atoms with van der Waals surface area (Å²) < 4.78 is 29.3. The quantitative estimate of drug-likeness (QED) is 0.343. The predicted octanol–water partition coefficient (Wildman–Crippen LogP) is 6.14. The molecule has 0 bridgehead atoms. The van der Waals surface area contributed by atoms with E-state index in [2.05, 4.69) is 40.6 Å². The van der Waals surface area contributed by atoms with E-state index >= 15 is 0 Å². The van der Waals surface area contributed by atoms with Gasteiger partial charge in [0.25, 0.3) is 5.91 Å². The fraction of sp³-hybridized carbons (Fsp3) is 0.471. The molecule has 7 nitrogen and oxygen atoms in total. The Hall–Kier alpha value is -2.94. The van der Waals surface area contributed by atoms with E-state index in [1.165, 1.54) is 5.69 Å². The molecule has 2 aromatic carbocycles. The number of aromatic nitrogens is 1. The molecule has 1 N–H and O–H groups in total. The zero-order valence-corrected chi connectivity index (χ0v) is 26.6. The van der Waals surface area contributed by atoms with Gasteiger partial charge < -0.3 is 9.80 Å². The van der Waals surface area contributed by atoms with Gasteiger partial charge in [-0.25, -0.2) is 13.1 Å². The van der Waals surface area contributed by atoms with Crippen molar-refractivity contribution in [2.45, 2.75) is 63.8 Å². The maximum absolute atomic E-state index is 13.7. The number of halogens is 1. The topological polar surface area (TPSA) is 82.6 Å². The van der Waals surface area contributed by atoms with Gasteiger partial charge in [0.05, 0.1) is 5.75 Å². The van der Waals surface area contributed by atoms with E-state index in [1.807, 2.05) is 53.7 Å². The van der Waals surface area contributed by atoms with Gasteiger partial charge in [0.1, 0.15) is 0 Å². The zero-order chi connectivity index (χ0) is 30.2. The first kappa shape index (κ1) is 30.1. The standard InChI is InChI=1S/C34H41ClN4O3S/c1-33(2)24-31(37-43(41,42)22-11-25-5-3-4-6-30(25)35)28-23-26(7-8-29(28)33)32(40)39-20-14-34(15-21-39)12-18-38(19-13-34)27-9-16-36-17-10-27/h3-10,16-17,23,31,37H,11-15,18-22,24H2,1-2H3. The minimum absolute atomic E-state index is 0.0388. The Balaban J connectivity index is 1.10. The average Bonchev–Trinajstić information content (AvgIpc) is 3.25. The molecule has 1 aliphatic carbocycles. The first-order chi connectivity index (χ1) is 20.5. The van der Waals surface area contributed by atoms with E-state index in [4.69, 9.17) is 11.6 Å². The number of nitrogens with zero attached hydrogens (tertiary/aromatic N) is 3. The highest BCUT2D eigenvalue weighted by molar-refractivity contribution is 7.89. The molecule has 6 rings (SSSR count). The Labute approximate surface area is 260 Å². The van der Waals surface area contributed by atoms with Crippen molar-refractivity contribution in [3.63, 3.8) is 0 Å². The number of carbonyl (C=O) groups is 1. The van der Waals surface area contributed by atoms with E-state index in [9.17, 15) is 13.2 Å². The number of pyridine rings is 1. The molecule has 9 heteroatoms. The van der Waals surface area contributed by atoms with Crippen LogP contribution >= 0.6 is 11.6 Å². The van der Waals surface area contributed by atoms with Crippen LogP contribution in [-0.2, 0) is 21.9 Å². The van der Waals surface area contributed by atoms with Gasteiger partial charge in [-0.15, -0.1) is 0 Å². The molecular formula is C34H41ClN4O3S. The summed E-state index contributed by atoms with van der Waals surface area (Å²) in [6.07, 6.45) is 9.02. The second-order valence-corrected chi connectivity index (χ2v) is 15.5. The lowest BCUT2D eigenvalue weighted by Gasteiger charge is -2.47. The van der Waals surface area contributed by atoms with Crippen LogP contribution in [0.15, 0.2) is 67.0 Å². The summed E-state index contributed by atoms with van der Waals surface area (Å²) in [4.78, 5) is 22.3. The summed E-state index contributed by atoms with van der Waals surface area (Å²) in [5.74, 6) is -0.00539. The monoisotopic (exact) mass is 620 g/mol. The number of amides is 1. The Kier molecular flexibility index (Phi) is 8.31. The predicted molar refractivity (Wildman–Crippen MR) is 172 cm³/mol. The second-order valence-electron chi connectivity index (χ2n) is 13.2. The number of hydrogen-bond acceptors (Lipinski definition) is 5. The first-order valence-corrected chi connectivity index (χ1v) is 17.4. The van der Waals surface area contributed by atoms with Gasteiger partial charge in [0.2, 0.25) is 10.0 Å². The average molecular weight is 621 g/mol. The molecule has 3 aliphatic rings. The van der Waals surface area contributed by atoms with E-state index < -0.39 is 10.0 Å². The third-order valence-electron chi connectivity index (χ3n) is 10.0. The van der Waals surface area contributed by atoms with Crippen molar-refractivity contribution >= 4 is 33.2 Å². The van der Waals surface area contributed by atoms with Crippen molar-refractivity contribution in [1.82, 2.24) is 14.6 Å². The minimum atomic E-state index is -3.57. The van der Waals surface area contributed by atoms with E-state index in [-0.39, 0.29) is 23.1 Å². The molecule has 228 valence electrons. The molecule has 1 unspecified atom stereocenters. The third kappa shape index (κ3) is 6.47. The van der Waals surface area contributed by atoms with Gasteiger partial charge in [0.15, 0.2) is 0 Å². The number of nitrogens with one attached hydrogen (secondary N) is 1. The van der Waals surface area contributed by atoms with Crippen LogP contribution in [0, 0.1) is 5.41 Å². The Morgan fingerprint density at radius 3 is 2.35 bits per heavy atom. The van der Waals surface area contributed by atoms with Crippen molar-refractivity contribution in [2.24, 2.45) is 5.41 Å². The summed E-state index contributed by atoms with van der Waals surface area (Å²) in [6, 6.07) is 17.0. The highest BCUT2D eigenvalue weighted by Crippen LogP contribution is 2.46. The summed E-state index contributed by atoms with van der Waals surface area (Å²) in [6.45, 7) is 7.86. The number of fused-ring (bicyclic) bond motifs is 1. The van der Waals surface area contributed by atoms with E-state index in [0.29, 0.717) is 28.8 Å².